The predicted molar refractivity (Wildman–Crippen MR) is 121 cm³/mol. The Morgan fingerprint density at radius 1 is 1.06 bits per heavy atom. The van der Waals surface area contributed by atoms with Crippen LogP contribution in [0.3, 0.4) is 0 Å². The molecule has 1 fully saturated rings. The first-order valence-corrected chi connectivity index (χ1v) is 11.0. The molecule has 0 radical (unpaired) electrons. The minimum absolute atomic E-state index is 0.0853. The van der Waals surface area contributed by atoms with Crippen LogP contribution in [0.25, 0.3) is 0 Å². The number of aliphatic hydroxyl groups is 1. The van der Waals surface area contributed by atoms with Gasteiger partial charge in [-0.25, -0.2) is 4.79 Å². The Morgan fingerprint density at radius 3 is 2.18 bits per heavy atom. The van der Waals surface area contributed by atoms with Crippen molar-refractivity contribution in [3.8, 4) is 0 Å². The van der Waals surface area contributed by atoms with Crippen LogP contribution < -0.4 is 32.7 Å². The molecule has 0 bridgehead atoms. The second-order valence-electron chi connectivity index (χ2n) is 8.45. The van der Waals surface area contributed by atoms with E-state index in [4.69, 9.17) is 11.5 Å². The molecule has 5 unspecified atom stereocenters. The van der Waals surface area contributed by atoms with Crippen LogP contribution in [0.15, 0.2) is 4.99 Å². The zero-order valence-corrected chi connectivity index (χ0v) is 19.3. The lowest BCUT2D eigenvalue weighted by atomic mass is 10.0. The van der Waals surface area contributed by atoms with Gasteiger partial charge in [0.1, 0.15) is 12.1 Å². The van der Waals surface area contributed by atoms with E-state index in [0.29, 0.717) is 19.4 Å². The summed E-state index contributed by atoms with van der Waals surface area (Å²) in [6, 6.07) is -3.96. The SMILES string of the molecule is CC(C)C(NC(=O)C(CCCN=C(N)N)NC(=O)C1CCCN1)C(=O)NC(C(=O)O)C(C)O. The van der Waals surface area contributed by atoms with Gasteiger partial charge in [-0.15, -0.1) is 0 Å². The van der Waals surface area contributed by atoms with E-state index in [9.17, 15) is 29.4 Å². The smallest absolute Gasteiger partial charge is 0.328 e. The van der Waals surface area contributed by atoms with E-state index in [2.05, 4.69) is 26.3 Å². The molecule has 0 aliphatic carbocycles. The fraction of sp³-hybridized carbons (Fsp3) is 0.750. The highest BCUT2D eigenvalue weighted by Crippen LogP contribution is 2.09. The lowest BCUT2D eigenvalue weighted by Gasteiger charge is -2.27. The van der Waals surface area contributed by atoms with Crippen LogP contribution in [0.2, 0.25) is 0 Å². The molecule has 0 spiro atoms. The van der Waals surface area contributed by atoms with Crippen LogP contribution in [0.1, 0.15) is 46.5 Å². The second-order valence-corrected chi connectivity index (χ2v) is 8.45. The summed E-state index contributed by atoms with van der Waals surface area (Å²) >= 11 is 0. The van der Waals surface area contributed by atoms with Crippen molar-refractivity contribution in [2.75, 3.05) is 13.1 Å². The standard InChI is InChI=1S/C20H37N7O6/c1-10(2)14(18(31)27-15(11(3)28)19(32)33)26-17(30)13(7-5-9-24-20(21)22)25-16(29)12-6-4-8-23-12/h10-15,23,28H,4-9H2,1-3H3,(H,25,29)(H,26,30)(H,27,31)(H,32,33)(H4,21,22,24). The lowest BCUT2D eigenvalue weighted by molar-refractivity contribution is -0.145. The number of carbonyl (C=O) groups is 4. The second kappa shape index (κ2) is 13.6. The molecule has 1 rings (SSSR count). The van der Waals surface area contributed by atoms with Gasteiger partial charge in [-0.2, -0.15) is 0 Å². The molecule has 1 heterocycles. The van der Waals surface area contributed by atoms with E-state index in [1.54, 1.807) is 13.8 Å². The Morgan fingerprint density at radius 2 is 1.70 bits per heavy atom. The fourth-order valence-corrected chi connectivity index (χ4v) is 3.37. The summed E-state index contributed by atoms with van der Waals surface area (Å²) in [4.78, 5) is 53.4. The minimum Gasteiger partial charge on any atom is -0.480 e. The quantitative estimate of drug-likeness (QED) is 0.0798. The molecule has 0 aromatic carbocycles. The first-order chi connectivity index (χ1) is 15.4. The highest BCUT2D eigenvalue weighted by Gasteiger charge is 2.33. The Balaban J connectivity index is 2.91. The topological polar surface area (TPSA) is 221 Å². The molecule has 0 aromatic rings. The normalized spacial score (nSPS) is 19.1. The zero-order valence-electron chi connectivity index (χ0n) is 19.3. The van der Waals surface area contributed by atoms with Gasteiger partial charge >= 0.3 is 5.97 Å². The number of carboxylic acids is 1. The highest BCUT2D eigenvalue weighted by molar-refractivity contribution is 5.94. The van der Waals surface area contributed by atoms with E-state index < -0.39 is 54.0 Å². The molecule has 13 heteroatoms. The number of carboxylic acid groups (broad SMARTS) is 1. The van der Waals surface area contributed by atoms with Crippen molar-refractivity contribution < 1.29 is 29.4 Å². The number of aliphatic imine (C=N–C) groups is 1. The van der Waals surface area contributed by atoms with Crippen molar-refractivity contribution in [2.45, 2.75) is 76.7 Å². The van der Waals surface area contributed by atoms with Gasteiger partial charge in [0.2, 0.25) is 17.7 Å². The van der Waals surface area contributed by atoms with Gasteiger partial charge in [-0.1, -0.05) is 13.8 Å². The monoisotopic (exact) mass is 471 g/mol. The van der Waals surface area contributed by atoms with Crippen molar-refractivity contribution in [2.24, 2.45) is 22.4 Å². The molecule has 13 nitrogen and oxygen atoms in total. The van der Waals surface area contributed by atoms with E-state index in [1.807, 2.05) is 0 Å². The number of rotatable bonds is 13. The van der Waals surface area contributed by atoms with Crippen LogP contribution in [0, 0.1) is 5.92 Å². The van der Waals surface area contributed by atoms with Gasteiger partial charge in [-0.3, -0.25) is 19.4 Å². The summed E-state index contributed by atoms with van der Waals surface area (Å²) in [6.45, 7) is 5.56. The van der Waals surface area contributed by atoms with Gasteiger partial charge in [0.25, 0.3) is 0 Å². The summed E-state index contributed by atoms with van der Waals surface area (Å²) in [6.07, 6.45) is 0.788. The molecule has 0 saturated carbocycles. The van der Waals surface area contributed by atoms with Crippen LogP contribution >= 0.6 is 0 Å². The summed E-state index contributed by atoms with van der Waals surface area (Å²) in [7, 11) is 0. The molecular formula is C20H37N7O6. The number of hydrogen-bond donors (Lipinski definition) is 8. The number of nitrogens with one attached hydrogen (secondary N) is 4. The van der Waals surface area contributed by atoms with Crippen molar-refractivity contribution in [3.05, 3.63) is 0 Å². The average molecular weight is 472 g/mol. The van der Waals surface area contributed by atoms with Crippen LogP contribution in [0.5, 0.6) is 0 Å². The first-order valence-electron chi connectivity index (χ1n) is 11.0. The Kier molecular flexibility index (Phi) is 11.6. The van der Waals surface area contributed by atoms with Crippen molar-refractivity contribution >= 4 is 29.7 Å². The number of aliphatic carboxylic acids is 1. The molecule has 1 aliphatic heterocycles. The lowest BCUT2D eigenvalue weighted by Crippen LogP contribution is -2.59. The first kappa shape index (κ1) is 28.1. The third kappa shape index (κ3) is 9.61. The number of nitrogens with two attached hydrogens (primary N) is 2. The van der Waals surface area contributed by atoms with Crippen LogP contribution in [-0.4, -0.2) is 83.2 Å². The molecule has 5 atom stereocenters. The molecular weight excluding hydrogens is 434 g/mol. The van der Waals surface area contributed by atoms with E-state index in [1.165, 1.54) is 6.92 Å². The van der Waals surface area contributed by atoms with Crippen molar-refractivity contribution in [1.29, 1.82) is 0 Å². The number of aliphatic hydroxyl groups excluding tert-OH is 1. The maximum atomic E-state index is 13.0. The summed E-state index contributed by atoms with van der Waals surface area (Å²) < 4.78 is 0. The van der Waals surface area contributed by atoms with E-state index >= 15 is 0 Å². The summed E-state index contributed by atoms with van der Waals surface area (Å²) in [5.74, 6) is -3.55. The average Bonchev–Trinajstić information content (AvgIpc) is 3.26. The Labute approximate surface area is 193 Å². The van der Waals surface area contributed by atoms with Crippen molar-refractivity contribution in [3.63, 3.8) is 0 Å². The van der Waals surface area contributed by atoms with Crippen LogP contribution in [-0.2, 0) is 19.2 Å². The number of hydrogen-bond acceptors (Lipinski definition) is 7. The molecule has 3 amide bonds. The van der Waals surface area contributed by atoms with Gasteiger partial charge in [0.15, 0.2) is 12.0 Å². The Bertz CT molecular complexity index is 718. The van der Waals surface area contributed by atoms with Gasteiger partial charge in [0.05, 0.1) is 12.1 Å². The Hall–Kier alpha value is -2.93. The van der Waals surface area contributed by atoms with Gasteiger partial charge < -0.3 is 42.9 Å². The number of nitrogens with zero attached hydrogens (tertiary/aromatic N) is 1. The third-order valence-corrected chi connectivity index (χ3v) is 5.25. The highest BCUT2D eigenvalue weighted by atomic mass is 16.4. The molecule has 0 aromatic heterocycles. The summed E-state index contributed by atoms with van der Waals surface area (Å²) in [5.41, 5.74) is 10.6. The van der Waals surface area contributed by atoms with Crippen LogP contribution in [0.4, 0.5) is 0 Å². The maximum Gasteiger partial charge on any atom is 0.328 e. The molecule has 188 valence electrons. The largest absolute Gasteiger partial charge is 0.480 e. The molecule has 1 aliphatic rings. The maximum absolute atomic E-state index is 13.0. The third-order valence-electron chi connectivity index (χ3n) is 5.25. The van der Waals surface area contributed by atoms with Crippen molar-refractivity contribution in [1.82, 2.24) is 21.3 Å². The van der Waals surface area contributed by atoms with E-state index in [-0.39, 0.29) is 24.8 Å². The van der Waals surface area contributed by atoms with Gasteiger partial charge in [-0.05, 0) is 45.1 Å². The summed E-state index contributed by atoms with van der Waals surface area (Å²) in [5, 5.41) is 29.4. The fourth-order valence-electron chi connectivity index (χ4n) is 3.37. The molecule has 33 heavy (non-hydrogen) atoms. The molecule has 1 saturated heterocycles. The molecule has 10 N–H and O–H groups in total. The zero-order chi connectivity index (χ0) is 25.1. The minimum atomic E-state index is -1.53. The number of carbonyl (C=O) groups excluding carboxylic acids is 3. The van der Waals surface area contributed by atoms with E-state index in [0.717, 1.165) is 6.42 Å². The number of amides is 3. The number of guanidine groups is 1. The predicted octanol–water partition coefficient (Wildman–Crippen LogP) is -2.63. The van der Waals surface area contributed by atoms with Gasteiger partial charge in [0, 0.05) is 6.54 Å².